The van der Waals surface area contributed by atoms with Crippen molar-refractivity contribution < 1.29 is 9.52 Å². The van der Waals surface area contributed by atoms with Crippen LogP contribution in [0.2, 0.25) is 0 Å². The number of hydrogen-bond acceptors (Lipinski definition) is 4. The summed E-state index contributed by atoms with van der Waals surface area (Å²) in [5.74, 6) is 0.568. The van der Waals surface area contributed by atoms with Crippen molar-refractivity contribution in [1.82, 2.24) is 15.5 Å². The molecule has 5 heteroatoms. The molecular formula is C16H17N3O2. The maximum absolute atomic E-state index is 9.94. The van der Waals surface area contributed by atoms with Gasteiger partial charge >= 0.3 is 0 Å². The van der Waals surface area contributed by atoms with Crippen molar-refractivity contribution in [3.8, 4) is 11.3 Å². The van der Waals surface area contributed by atoms with E-state index in [0.29, 0.717) is 18.8 Å². The highest BCUT2D eigenvalue weighted by Gasteiger charge is 2.11. The Hall–Kier alpha value is -2.37. The molecule has 3 rings (SSSR count). The molecule has 0 aliphatic carbocycles. The van der Waals surface area contributed by atoms with Crippen molar-refractivity contribution in [2.75, 3.05) is 6.54 Å². The van der Waals surface area contributed by atoms with E-state index in [9.17, 15) is 5.11 Å². The standard InChI is InChI=1S/C16H17N3O2/c20-14(15-7-4-8-21-15)11-17-9-13-10-18-19-16(13)12-5-2-1-3-6-12/h1-8,10,14,17,20H,9,11H2,(H,18,19). The minimum Gasteiger partial charge on any atom is -0.467 e. The highest BCUT2D eigenvalue weighted by Crippen LogP contribution is 2.20. The Morgan fingerprint density at radius 2 is 2.05 bits per heavy atom. The summed E-state index contributed by atoms with van der Waals surface area (Å²) in [4.78, 5) is 0. The summed E-state index contributed by atoms with van der Waals surface area (Å²) < 4.78 is 5.17. The number of furan rings is 1. The van der Waals surface area contributed by atoms with Crippen molar-refractivity contribution in [1.29, 1.82) is 0 Å². The van der Waals surface area contributed by atoms with Gasteiger partial charge < -0.3 is 14.8 Å². The molecule has 0 saturated carbocycles. The largest absolute Gasteiger partial charge is 0.467 e. The molecule has 0 amide bonds. The van der Waals surface area contributed by atoms with E-state index in [1.807, 2.05) is 30.3 Å². The van der Waals surface area contributed by atoms with E-state index in [2.05, 4.69) is 15.5 Å². The molecule has 3 aromatic rings. The van der Waals surface area contributed by atoms with Crippen LogP contribution in [0.4, 0.5) is 0 Å². The monoisotopic (exact) mass is 283 g/mol. The molecule has 108 valence electrons. The quantitative estimate of drug-likeness (QED) is 0.650. The molecule has 1 atom stereocenters. The zero-order valence-electron chi connectivity index (χ0n) is 11.5. The summed E-state index contributed by atoms with van der Waals surface area (Å²) in [5, 5.41) is 20.3. The molecule has 0 aliphatic rings. The van der Waals surface area contributed by atoms with E-state index in [0.717, 1.165) is 16.8 Å². The summed E-state index contributed by atoms with van der Waals surface area (Å²) in [7, 11) is 0. The first-order chi connectivity index (χ1) is 10.3. The number of aliphatic hydroxyl groups excluding tert-OH is 1. The number of rotatable bonds is 6. The van der Waals surface area contributed by atoms with Crippen molar-refractivity contribution >= 4 is 0 Å². The van der Waals surface area contributed by atoms with Gasteiger partial charge in [0.25, 0.3) is 0 Å². The first-order valence-electron chi connectivity index (χ1n) is 6.84. The minimum absolute atomic E-state index is 0.424. The fraction of sp³-hybridized carbons (Fsp3) is 0.188. The predicted octanol–water partition coefficient (Wildman–Crippen LogP) is 2.49. The molecule has 21 heavy (non-hydrogen) atoms. The number of aromatic nitrogens is 2. The van der Waals surface area contributed by atoms with Gasteiger partial charge in [-0.25, -0.2) is 0 Å². The molecule has 0 bridgehead atoms. The average molecular weight is 283 g/mol. The Morgan fingerprint density at radius 1 is 1.19 bits per heavy atom. The molecular weight excluding hydrogens is 266 g/mol. The van der Waals surface area contributed by atoms with Crippen molar-refractivity contribution in [3.63, 3.8) is 0 Å². The maximum atomic E-state index is 9.94. The van der Waals surface area contributed by atoms with Crippen LogP contribution in [0.15, 0.2) is 59.3 Å². The summed E-state index contributed by atoms with van der Waals surface area (Å²) in [5.41, 5.74) is 3.15. The second-order valence-electron chi connectivity index (χ2n) is 4.80. The number of aromatic amines is 1. The van der Waals surface area contributed by atoms with Crippen LogP contribution < -0.4 is 5.32 Å². The normalized spacial score (nSPS) is 12.4. The summed E-state index contributed by atoms with van der Waals surface area (Å²) in [6, 6.07) is 13.6. The van der Waals surface area contributed by atoms with Crippen molar-refractivity contribution in [3.05, 3.63) is 66.2 Å². The van der Waals surface area contributed by atoms with E-state index in [4.69, 9.17) is 4.42 Å². The van der Waals surface area contributed by atoms with Crippen LogP contribution in [-0.4, -0.2) is 21.8 Å². The fourth-order valence-corrected chi connectivity index (χ4v) is 2.22. The van der Waals surface area contributed by atoms with Gasteiger partial charge in [-0.3, -0.25) is 5.10 Å². The third-order valence-electron chi connectivity index (χ3n) is 3.31. The van der Waals surface area contributed by atoms with Gasteiger partial charge in [0.2, 0.25) is 0 Å². The molecule has 3 N–H and O–H groups in total. The zero-order chi connectivity index (χ0) is 14.5. The lowest BCUT2D eigenvalue weighted by Crippen LogP contribution is -2.20. The second-order valence-corrected chi connectivity index (χ2v) is 4.80. The Balaban J connectivity index is 1.61. The first-order valence-corrected chi connectivity index (χ1v) is 6.84. The topological polar surface area (TPSA) is 74.1 Å². The van der Waals surface area contributed by atoms with Gasteiger partial charge in [0.1, 0.15) is 11.9 Å². The lowest BCUT2D eigenvalue weighted by atomic mass is 10.1. The van der Waals surface area contributed by atoms with Crippen molar-refractivity contribution in [2.45, 2.75) is 12.6 Å². The van der Waals surface area contributed by atoms with Crippen LogP contribution in [0.5, 0.6) is 0 Å². The van der Waals surface area contributed by atoms with Gasteiger partial charge in [-0.2, -0.15) is 5.10 Å². The molecule has 1 unspecified atom stereocenters. The number of aliphatic hydroxyl groups is 1. The van der Waals surface area contributed by atoms with E-state index >= 15 is 0 Å². The van der Waals surface area contributed by atoms with Gasteiger partial charge in [0.05, 0.1) is 18.2 Å². The number of benzene rings is 1. The van der Waals surface area contributed by atoms with Gasteiger partial charge in [-0.1, -0.05) is 30.3 Å². The SMILES string of the molecule is OC(CNCc1cn[nH]c1-c1ccccc1)c1ccco1. The third-order valence-corrected chi connectivity index (χ3v) is 3.31. The summed E-state index contributed by atoms with van der Waals surface area (Å²) in [6.07, 6.45) is 2.71. The van der Waals surface area contributed by atoms with Gasteiger partial charge in [0.15, 0.2) is 0 Å². The maximum Gasteiger partial charge on any atom is 0.133 e. The Morgan fingerprint density at radius 3 is 2.81 bits per heavy atom. The third kappa shape index (κ3) is 3.21. The van der Waals surface area contributed by atoms with E-state index in [-0.39, 0.29) is 0 Å². The van der Waals surface area contributed by atoms with E-state index < -0.39 is 6.10 Å². The highest BCUT2D eigenvalue weighted by atomic mass is 16.4. The molecule has 0 saturated heterocycles. The van der Waals surface area contributed by atoms with E-state index in [1.54, 1.807) is 24.6 Å². The average Bonchev–Trinajstić information content (AvgIpc) is 3.20. The number of H-pyrrole nitrogens is 1. The number of nitrogens with zero attached hydrogens (tertiary/aromatic N) is 1. The number of nitrogens with one attached hydrogen (secondary N) is 2. The zero-order valence-corrected chi connectivity index (χ0v) is 11.5. The molecule has 0 radical (unpaired) electrons. The summed E-state index contributed by atoms with van der Waals surface area (Å²) >= 11 is 0. The lowest BCUT2D eigenvalue weighted by molar-refractivity contribution is 0.147. The van der Waals surface area contributed by atoms with Crippen LogP contribution in [0.25, 0.3) is 11.3 Å². The second kappa shape index (κ2) is 6.39. The van der Waals surface area contributed by atoms with E-state index in [1.165, 1.54) is 0 Å². The highest BCUT2D eigenvalue weighted by molar-refractivity contribution is 5.62. The first kappa shape index (κ1) is 13.6. The van der Waals surface area contributed by atoms with Crippen LogP contribution in [0.3, 0.4) is 0 Å². The smallest absolute Gasteiger partial charge is 0.133 e. The van der Waals surface area contributed by atoms with Crippen LogP contribution in [-0.2, 0) is 6.54 Å². The van der Waals surface area contributed by atoms with Crippen LogP contribution in [0, 0.1) is 0 Å². The molecule has 2 heterocycles. The Labute approximate surface area is 122 Å². The Bertz CT molecular complexity index is 662. The van der Waals surface area contributed by atoms with Gasteiger partial charge in [0, 0.05) is 18.7 Å². The van der Waals surface area contributed by atoms with Gasteiger partial charge in [-0.15, -0.1) is 0 Å². The van der Waals surface area contributed by atoms with Crippen LogP contribution >= 0.6 is 0 Å². The van der Waals surface area contributed by atoms with Crippen molar-refractivity contribution in [2.24, 2.45) is 0 Å². The number of hydrogen-bond donors (Lipinski definition) is 3. The molecule has 5 nitrogen and oxygen atoms in total. The molecule has 0 fully saturated rings. The molecule has 1 aromatic carbocycles. The lowest BCUT2D eigenvalue weighted by Gasteiger charge is -2.09. The van der Waals surface area contributed by atoms with Crippen LogP contribution in [0.1, 0.15) is 17.4 Å². The molecule has 2 aromatic heterocycles. The molecule has 0 spiro atoms. The minimum atomic E-state index is -0.646. The predicted molar refractivity (Wildman–Crippen MR) is 79.4 cm³/mol. The Kier molecular flexibility index (Phi) is 4.14. The fourth-order valence-electron chi connectivity index (χ4n) is 2.22. The summed E-state index contributed by atoms with van der Waals surface area (Å²) in [6.45, 7) is 1.05. The van der Waals surface area contributed by atoms with Gasteiger partial charge in [-0.05, 0) is 17.7 Å². The molecule has 0 aliphatic heterocycles.